The van der Waals surface area contributed by atoms with E-state index in [1.54, 1.807) is 0 Å². The van der Waals surface area contributed by atoms with Crippen molar-refractivity contribution in [3.8, 4) is 0 Å². The molecule has 2 saturated heterocycles. The molecule has 0 saturated carbocycles. The van der Waals surface area contributed by atoms with Gasteiger partial charge in [0.25, 0.3) is 0 Å². The number of nitrogens with one attached hydrogen (secondary N) is 1. The lowest BCUT2D eigenvalue weighted by Crippen LogP contribution is -2.40. The summed E-state index contributed by atoms with van der Waals surface area (Å²) in [6, 6.07) is 2.68. The van der Waals surface area contributed by atoms with Crippen LogP contribution in [0.2, 0.25) is 0 Å². The zero-order chi connectivity index (χ0) is 13.1. The molecule has 0 bridgehead atoms. The van der Waals surface area contributed by atoms with Crippen molar-refractivity contribution in [3.63, 3.8) is 0 Å². The van der Waals surface area contributed by atoms with E-state index in [9.17, 15) is 0 Å². The number of hydrogen-bond acceptors (Lipinski definition) is 3. The monoisotopic (exact) mass is 262 g/mol. The van der Waals surface area contributed by atoms with Crippen LogP contribution in [0, 0.1) is 5.41 Å². The zero-order valence-corrected chi connectivity index (χ0v) is 12.0. The molecule has 106 valence electrons. The molecule has 0 radical (unpaired) electrons. The predicted molar refractivity (Wildman–Crippen MR) is 77.0 cm³/mol. The molecule has 1 spiro atoms. The first-order valence-electron chi connectivity index (χ1n) is 7.70. The molecule has 4 nitrogen and oxygen atoms in total. The minimum Gasteiger partial charge on any atom is -0.317 e. The Hall–Kier alpha value is -0.870. The number of piperidine rings is 1. The van der Waals surface area contributed by atoms with Gasteiger partial charge >= 0.3 is 0 Å². The highest BCUT2D eigenvalue weighted by Crippen LogP contribution is 2.39. The Balaban J connectivity index is 1.49. The van der Waals surface area contributed by atoms with E-state index in [0.29, 0.717) is 11.5 Å². The van der Waals surface area contributed by atoms with Crippen LogP contribution in [0.5, 0.6) is 0 Å². The van der Waals surface area contributed by atoms with Crippen LogP contribution >= 0.6 is 0 Å². The van der Waals surface area contributed by atoms with Gasteiger partial charge in [-0.25, -0.2) is 0 Å². The predicted octanol–water partition coefficient (Wildman–Crippen LogP) is 1.74. The fraction of sp³-hybridized carbons (Fsp3) is 0.800. The van der Waals surface area contributed by atoms with Crippen LogP contribution in [-0.2, 0) is 6.54 Å². The molecule has 1 aromatic rings. The number of rotatable bonds is 4. The van der Waals surface area contributed by atoms with Crippen molar-refractivity contribution in [2.24, 2.45) is 5.41 Å². The largest absolute Gasteiger partial charge is 0.317 e. The van der Waals surface area contributed by atoms with Gasteiger partial charge in [-0.15, -0.1) is 0 Å². The van der Waals surface area contributed by atoms with Crippen LogP contribution in [0.1, 0.15) is 32.6 Å². The molecular weight excluding hydrogens is 236 g/mol. The van der Waals surface area contributed by atoms with Gasteiger partial charge in [0.15, 0.2) is 0 Å². The third-order valence-electron chi connectivity index (χ3n) is 5.09. The van der Waals surface area contributed by atoms with Gasteiger partial charge < -0.3 is 10.2 Å². The Morgan fingerprint density at radius 1 is 1.32 bits per heavy atom. The van der Waals surface area contributed by atoms with Crippen molar-refractivity contribution in [3.05, 3.63) is 18.5 Å². The van der Waals surface area contributed by atoms with Crippen molar-refractivity contribution >= 4 is 0 Å². The van der Waals surface area contributed by atoms with E-state index in [-0.39, 0.29) is 0 Å². The molecule has 0 aliphatic carbocycles. The second-order valence-electron chi connectivity index (χ2n) is 6.38. The normalized spacial score (nSPS) is 24.9. The van der Waals surface area contributed by atoms with Crippen molar-refractivity contribution in [2.45, 2.75) is 45.2 Å². The molecule has 1 unspecified atom stereocenters. The van der Waals surface area contributed by atoms with Gasteiger partial charge in [0.1, 0.15) is 0 Å². The number of aromatic nitrogens is 2. The summed E-state index contributed by atoms with van der Waals surface area (Å²) < 4.78 is 2.05. The maximum Gasteiger partial charge on any atom is 0.0489 e. The fourth-order valence-corrected chi connectivity index (χ4v) is 3.65. The van der Waals surface area contributed by atoms with Crippen molar-refractivity contribution in [1.29, 1.82) is 0 Å². The van der Waals surface area contributed by atoms with Crippen LogP contribution < -0.4 is 5.32 Å². The summed E-state index contributed by atoms with van der Waals surface area (Å²) in [6.45, 7) is 8.46. The molecular formula is C15H26N4. The first kappa shape index (κ1) is 13.1. The number of likely N-dealkylation sites (tertiary alicyclic amines) is 1. The Kier molecular flexibility index (Phi) is 3.89. The lowest BCUT2D eigenvalue weighted by molar-refractivity contribution is 0.168. The summed E-state index contributed by atoms with van der Waals surface area (Å²) in [4.78, 5) is 2.70. The highest BCUT2D eigenvalue weighted by atomic mass is 15.3. The summed E-state index contributed by atoms with van der Waals surface area (Å²) in [5.74, 6) is 0. The summed E-state index contributed by atoms with van der Waals surface area (Å²) >= 11 is 0. The van der Waals surface area contributed by atoms with E-state index in [4.69, 9.17) is 0 Å². The van der Waals surface area contributed by atoms with Crippen molar-refractivity contribution in [2.75, 3.05) is 26.2 Å². The molecule has 0 aromatic carbocycles. The maximum atomic E-state index is 4.29. The lowest BCUT2D eigenvalue weighted by Gasteiger charge is -2.35. The van der Waals surface area contributed by atoms with Crippen LogP contribution in [0.4, 0.5) is 0 Å². The van der Waals surface area contributed by atoms with Gasteiger partial charge in [-0.05, 0) is 63.7 Å². The molecule has 3 heterocycles. The molecule has 1 atom stereocenters. The van der Waals surface area contributed by atoms with Gasteiger partial charge in [0, 0.05) is 31.5 Å². The summed E-state index contributed by atoms with van der Waals surface area (Å²) in [5.41, 5.74) is 0.630. The SMILES string of the molecule is CC(CCn1cccn1)N1CCC2(CCNCC2)C1. The van der Waals surface area contributed by atoms with Crippen LogP contribution in [-0.4, -0.2) is 46.9 Å². The van der Waals surface area contributed by atoms with E-state index in [0.717, 1.165) is 6.54 Å². The number of nitrogens with zero attached hydrogens (tertiary/aromatic N) is 3. The summed E-state index contributed by atoms with van der Waals surface area (Å²) in [7, 11) is 0. The Bertz CT molecular complexity index is 381. The van der Waals surface area contributed by atoms with E-state index >= 15 is 0 Å². The topological polar surface area (TPSA) is 33.1 Å². The van der Waals surface area contributed by atoms with Crippen LogP contribution in [0.25, 0.3) is 0 Å². The molecule has 2 aliphatic rings. The molecule has 19 heavy (non-hydrogen) atoms. The van der Waals surface area contributed by atoms with E-state index in [1.165, 1.54) is 51.9 Å². The van der Waals surface area contributed by atoms with Gasteiger partial charge in [-0.2, -0.15) is 5.10 Å². The average molecular weight is 262 g/mol. The molecule has 4 heteroatoms. The third kappa shape index (κ3) is 3.00. The van der Waals surface area contributed by atoms with E-state index in [1.807, 2.05) is 16.9 Å². The van der Waals surface area contributed by atoms with Crippen LogP contribution in [0.15, 0.2) is 18.5 Å². The molecule has 0 amide bonds. The first-order chi connectivity index (χ1) is 9.27. The minimum absolute atomic E-state index is 0.630. The number of hydrogen-bond donors (Lipinski definition) is 1. The van der Waals surface area contributed by atoms with Gasteiger partial charge in [-0.3, -0.25) is 4.68 Å². The third-order valence-corrected chi connectivity index (χ3v) is 5.09. The van der Waals surface area contributed by atoms with Gasteiger partial charge in [-0.1, -0.05) is 0 Å². The smallest absolute Gasteiger partial charge is 0.0489 e. The summed E-state index contributed by atoms with van der Waals surface area (Å²) in [6.07, 6.45) is 9.27. The first-order valence-corrected chi connectivity index (χ1v) is 7.70. The molecule has 3 rings (SSSR count). The Morgan fingerprint density at radius 2 is 2.16 bits per heavy atom. The molecule has 1 aromatic heterocycles. The molecule has 2 fully saturated rings. The maximum absolute atomic E-state index is 4.29. The van der Waals surface area contributed by atoms with E-state index in [2.05, 4.69) is 28.4 Å². The molecule has 2 aliphatic heterocycles. The highest BCUT2D eigenvalue weighted by Gasteiger charge is 2.39. The Labute approximate surface area is 116 Å². The van der Waals surface area contributed by atoms with Gasteiger partial charge in [0.05, 0.1) is 0 Å². The second kappa shape index (κ2) is 5.63. The lowest BCUT2D eigenvalue weighted by atomic mass is 9.78. The van der Waals surface area contributed by atoms with Crippen molar-refractivity contribution < 1.29 is 0 Å². The zero-order valence-electron chi connectivity index (χ0n) is 12.0. The molecule has 1 N–H and O–H groups in total. The summed E-state index contributed by atoms with van der Waals surface area (Å²) in [5, 5.41) is 7.78. The van der Waals surface area contributed by atoms with Crippen molar-refractivity contribution in [1.82, 2.24) is 20.0 Å². The Morgan fingerprint density at radius 3 is 2.89 bits per heavy atom. The van der Waals surface area contributed by atoms with Crippen LogP contribution in [0.3, 0.4) is 0 Å². The average Bonchev–Trinajstić information content (AvgIpc) is 3.07. The van der Waals surface area contributed by atoms with Gasteiger partial charge in [0.2, 0.25) is 0 Å². The minimum atomic E-state index is 0.630. The standard InChI is InChI=1S/C15H26N4/c1-14(3-11-19-10-2-7-17-19)18-12-6-15(13-18)4-8-16-9-5-15/h2,7,10,14,16H,3-6,8-9,11-13H2,1H3. The van der Waals surface area contributed by atoms with E-state index < -0.39 is 0 Å². The fourth-order valence-electron chi connectivity index (χ4n) is 3.65. The highest BCUT2D eigenvalue weighted by molar-refractivity contribution is 4.94. The second-order valence-corrected chi connectivity index (χ2v) is 6.38. The quantitative estimate of drug-likeness (QED) is 0.897. The number of aryl methyl sites for hydroxylation is 1.